The van der Waals surface area contributed by atoms with Crippen LogP contribution < -0.4 is 10.5 Å². The molecule has 0 saturated heterocycles. The van der Waals surface area contributed by atoms with Gasteiger partial charge in [-0.2, -0.15) is 0 Å². The van der Waals surface area contributed by atoms with Crippen LogP contribution in [-0.2, 0) is 10.0 Å². The summed E-state index contributed by atoms with van der Waals surface area (Å²) in [5, 5.41) is 7.69. The first-order valence-corrected chi connectivity index (χ1v) is 7.30. The third-order valence-corrected chi connectivity index (χ3v) is 3.30. The van der Waals surface area contributed by atoms with E-state index in [0.717, 1.165) is 0 Å². The monoisotopic (exact) mass is 291 g/mol. The number of nitrogens with two attached hydrogens (primary N) is 1. The number of sulfonamides is 1. The average molecular weight is 292 g/mol. The van der Waals surface area contributed by atoms with Gasteiger partial charge in [0, 0.05) is 18.4 Å². The van der Waals surface area contributed by atoms with Crippen LogP contribution in [0, 0.1) is 6.92 Å². The first-order valence-electron chi connectivity index (χ1n) is 5.20. The lowest BCUT2D eigenvalue weighted by molar-refractivity contribution is 0.0953. The van der Waals surface area contributed by atoms with Gasteiger partial charge in [-0.15, -0.1) is 0 Å². The summed E-state index contributed by atoms with van der Waals surface area (Å²) < 4.78 is 21.3. The van der Waals surface area contributed by atoms with E-state index in [9.17, 15) is 13.2 Å². The molecule has 100 valence electrons. The summed E-state index contributed by atoms with van der Waals surface area (Å²) in [7, 11) is -3.49. The maximum atomic E-state index is 11.7. The largest absolute Gasteiger partial charge is 0.352 e. The number of primary sulfonamides is 1. The van der Waals surface area contributed by atoms with E-state index in [2.05, 4.69) is 10.3 Å². The van der Waals surface area contributed by atoms with Gasteiger partial charge < -0.3 is 5.32 Å². The summed E-state index contributed by atoms with van der Waals surface area (Å²) >= 11 is 5.89. The van der Waals surface area contributed by atoms with Crippen LogP contribution in [0.4, 0.5) is 0 Å². The first-order chi connectivity index (χ1) is 8.29. The molecule has 1 aromatic heterocycles. The highest BCUT2D eigenvalue weighted by molar-refractivity contribution is 7.89. The fraction of sp³-hybridized carbons (Fsp3) is 0.400. The van der Waals surface area contributed by atoms with Crippen LogP contribution in [0.2, 0.25) is 5.02 Å². The second-order valence-electron chi connectivity index (χ2n) is 3.78. The molecule has 0 saturated carbocycles. The van der Waals surface area contributed by atoms with Crippen molar-refractivity contribution in [1.82, 2.24) is 10.3 Å². The number of amides is 1. The quantitative estimate of drug-likeness (QED) is 0.769. The molecule has 0 aliphatic rings. The molecule has 0 atom stereocenters. The Morgan fingerprint density at radius 3 is 2.78 bits per heavy atom. The number of rotatable bonds is 5. The molecule has 1 rings (SSSR count). The molecule has 0 fully saturated rings. The van der Waals surface area contributed by atoms with Crippen LogP contribution in [0.3, 0.4) is 0 Å². The predicted molar refractivity (Wildman–Crippen MR) is 68.9 cm³/mol. The number of hydrogen-bond donors (Lipinski definition) is 2. The van der Waals surface area contributed by atoms with Crippen LogP contribution in [0.25, 0.3) is 0 Å². The van der Waals surface area contributed by atoms with Crippen LogP contribution in [0.1, 0.15) is 22.5 Å². The second-order valence-corrected chi connectivity index (χ2v) is 5.92. The fourth-order valence-electron chi connectivity index (χ4n) is 1.26. The average Bonchev–Trinajstić information content (AvgIpc) is 2.22. The molecule has 0 bridgehead atoms. The van der Waals surface area contributed by atoms with Gasteiger partial charge in [0.15, 0.2) is 0 Å². The van der Waals surface area contributed by atoms with Crippen molar-refractivity contribution in [3.05, 3.63) is 28.5 Å². The van der Waals surface area contributed by atoms with E-state index in [0.29, 0.717) is 10.7 Å². The third-order valence-electron chi connectivity index (χ3n) is 2.13. The van der Waals surface area contributed by atoms with Gasteiger partial charge in [-0.3, -0.25) is 9.78 Å². The van der Waals surface area contributed by atoms with Crippen molar-refractivity contribution in [2.45, 2.75) is 13.3 Å². The van der Waals surface area contributed by atoms with Crippen molar-refractivity contribution >= 4 is 27.5 Å². The highest BCUT2D eigenvalue weighted by atomic mass is 35.5. The summed E-state index contributed by atoms with van der Waals surface area (Å²) in [5.41, 5.74) is 0.976. The molecule has 0 spiro atoms. The molecule has 0 radical (unpaired) electrons. The predicted octanol–water partition coefficient (Wildman–Crippen LogP) is 0.452. The number of carbonyl (C=O) groups excluding carboxylic acids is 1. The Morgan fingerprint density at radius 1 is 1.56 bits per heavy atom. The highest BCUT2D eigenvalue weighted by Gasteiger charge is 2.11. The highest BCUT2D eigenvalue weighted by Crippen LogP contribution is 2.15. The van der Waals surface area contributed by atoms with Gasteiger partial charge in [-0.1, -0.05) is 11.6 Å². The lowest BCUT2D eigenvalue weighted by atomic mass is 10.2. The molecule has 0 unspecified atom stereocenters. The zero-order valence-corrected chi connectivity index (χ0v) is 11.4. The van der Waals surface area contributed by atoms with Gasteiger partial charge >= 0.3 is 0 Å². The molecule has 18 heavy (non-hydrogen) atoms. The van der Waals surface area contributed by atoms with Crippen LogP contribution in [0.5, 0.6) is 0 Å². The second kappa shape index (κ2) is 6.12. The minimum Gasteiger partial charge on any atom is -0.352 e. The van der Waals surface area contributed by atoms with Gasteiger partial charge in [0.05, 0.1) is 16.3 Å². The summed E-state index contributed by atoms with van der Waals surface area (Å²) in [6.45, 7) is 1.97. The van der Waals surface area contributed by atoms with Gasteiger partial charge in [-0.25, -0.2) is 13.6 Å². The number of nitrogens with zero attached hydrogens (tertiary/aromatic N) is 1. The Labute approximate surface area is 111 Å². The smallest absolute Gasteiger partial charge is 0.254 e. The Morgan fingerprint density at radius 2 is 2.22 bits per heavy atom. The van der Waals surface area contributed by atoms with E-state index in [4.69, 9.17) is 16.7 Å². The van der Waals surface area contributed by atoms with Crippen molar-refractivity contribution in [3.63, 3.8) is 0 Å². The fourth-order valence-corrected chi connectivity index (χ4v) is 2.10. The van der Waals surface area contributed by atoms with E-state index in [-0.39, 0.29) is 30.2 Å². The topological polar surface area (TPSA) is 102 Å². The van der Waals surface area contributed by atoms with Crippen molar-refractivity contribution in [1.29, 1.82) is 0 Å². The molecule has 0 aromatic carbocycles. The number of nitrogens with one attached hydrogen (secondary N) is 1. The zero-order chi connectivity index (χ0) is 13.8. The molecule has 3 N–H and O–H groups in total. The zero-order valence-electron chi connectivity index (χ0n) is 9.81. The molecule has 1 aromatic rings. The third kappa shape index (κ3) is 4.99. The van der Waals surface area contributed by atoms with Crippen LogP contribution >= 0.6 is 11.6 Å². The molecule has 6 nitrogen and oxygen atoms in total. The first kappa shape index (κ1) is 14.9. The number of pyridine rings is 1. The molecule has 0 aliphatic heterocycles. The minimum atomic E-state index is -3.49. The summed E-state index contributed by atoms with van der Waals surface area (Å²) in [6, 6.07) is 1.58. The number of halogens is 1. The van der Waals surface area contributed by atoms with Gasteiger partial charge in [0.2, 0.25) is 10.0 Å². The van der Waals surface area contributed by atoms with Gasteiger partial charge in [0.25, 0.3) is 5.91 Å². The van der Waals surface area contributed by atoms with Gasteiger partial charge in [-0.05, 0) is 19.4 Å². The van der Waals surface area contributed by atoms with Crippen molar-refractivity contribution in [2.75, 3.05) is 12.3 Å². The minimum absolute atomic E-state index is 0.173. The normalized spacial score (nSPS) is 11.3. The van der Waals surface area contributed by atoms with Crippen molar-refractivity contribution < 1.29 is 13.2 Å². The Hall–Kier alpha value is -1.18. The Balaban J connectivity index is 2.51. The molecule has 0 aliphatic carbocycles. The van der Waals surface area contributed by atoms with Crippen molar-refractivity contribution in [3.8, 4) is 0 Å². The van der Waals surface area contributed by atoms with Gasteiger partial charge in [0.1, 0.15) is 0 Å². The summed E-state index contributed by atoms with van der Waals surface area (Å²) in [6.07, 6.45) is 1.63. The standard InChI is InChI=1S/C10H14ClN3O3S/c1-7-5-9(11)8(6-14-7)10(15)13-3-2-4-18(12,16)17/h5-6H,2-4H2,1H3,(H,13,15)(H2,12,16,17). The maximum Gasteiger partial charge on any atom is 0.254 e. The van der Waals surface area contributed by atoms with Crippen LogP contribution in [-0.4, -0.2) is 31.6 Å². The molecule has 8 heteroatoms. The number of carbonyl (C=O) groups is 1. The maximum absolute atomic E-state index is 11.7. The summed E-state index contributed by atoms with van der Waals surface area (Å²) in [5.74, 6) is -0.561. The molecule has 1 amide bonds. The van der Waals surface area contributed by atoms with E-state index in [1.165, 1.54) is 6.20 Å². The number of hydrogen-bond acceptors (Lipinski definition) is 4. The molecular formula is C10H14ClN3O3S. The lowest BCUT2D eigenvalue weighted by Gasteiger charge is -2.06. The molecule has 1 heterocycles. The SMILES string of the molecule is Cc1cc(Cl)c(C(=O)NCCCS(N)(=O)=O)cn1. The lowest BCUT2D eigenvalue weighted by Crippen LogP contribution is -2.27. The van der Waals surface area contributed by atoms with E-state index in [1.54, 1.807) is 13.0 Å². The number of aromatic nitrogens is 1. The Bertz CT molecular complexity index is 545. The molecular weight excluding hydrogens is 278 g/mol. The van der Waals surface area contributed by atoms with Crippen LogP contribution in [0.15, 0.2) is 12.3 Å². The Kier molecular flexibility index (Phi) is 5.06. The summed E-state index contributed by atoms with van der Waals surface area (Å²) in [4.78, 5) is 15.7. The number of aryl methyl sites for hydroxylation is 1. The van der Waals surface area contributed by atoms with E-state index < -0.39 is 10.0 Å². The van der Waals surface area contributed by atoms with E-state index in [1.807, 2.05) is 0 Å². The van der Waals surface area contributed by atoms with E-state index >= 15 is 0 Å². The van der Waals surface area contributed by atoms with Crippen molar-refractivity contribution in [2.24, 2.45) is 5.14 Å².